The van der Waals surface area contributed by atoms with Crippen molar-refractivity contribution in [1.82, 2.24) is 9.13 Å². The molecule has 2 nitrogen and oxygen atoms in total. The van der Waals surface area contributed by atoms with E-state index in [1.165, 1.54) is 77.9 Å². The molecule has 10 rings (SSSR count). The van der Waals surface area contributed by atoms with Crippen molar-refractivity contribution in [3.8, 4) is 33.6 Å². The van der Waals surface area contributed by atoms with Crippen LogP contribution in [0.2, 0.25) is 0 Å². The topological polar surface area (TPSA) is 9.86 Å². The van der Waals surface area contributed by atoms with Gasteiger partial charge in [-0.3, -0.25) is 0 Å². The first-order valence-electron chi connectivity index (χ1n) is 16.6. The van der Waals surface area contributed by atoms with E-state index in [0.717, 1.165) is 22.2 Å². The molecule has 0 N–H and O–H groups in total. The van der Waals surface area contributed by atoms with Crippen LogP contribution in [-0.2, 0) is 0 Å². The fraction of sp³-hybridized carbons (Fsp3) is 0. The van der Waals surface area contributed by atoms with Gasteiger partial charge in [0.25, 0.3) is 0 Å². The van der Waals surface area contributed by atoms with Gasteiger partial charge in [0.15, 0.2) is 0 Å². The lowest BCUT2D eigenvalue weighted by atomic mass is 9.97. The minimum atomic E-state index is -0.232. The van der Waals surface area contributed by atoms with Gasteiger partial charge in [-0.1, -0.05) is 103 Å². The summed E-state index contributed by atoms with van der Waals surface area (Å²) in [5, 5.41) is 8.56. The first-order chi connectivity index (χ1) is 24.2. The van der Waals surface area contributed by atoms with E-state index >= 15 is 0 Å². The molecule has 49 heavy (non-hydrogen) atoms. The molecule has 0 spiro atoms. The van der Waals surface area contributed by atoms with Crippen LogP contribution in [-0.4, -0.2) is 9.13 Å². The highest BCUT2D eigenvalue weighted by Gasteiger charge is 2.18. The third-order valence-corrected chi connectivity index (χ3v) is 10.0. The Kier molecular flexibility index (Phi) is 6.09. The van der Waals surface area contributed by atoms with E-state index in [2.05, 4.69) is 161 Å². The lowest BCUT2D eigenvalue weighted by molar-refractivity contribution is 0.627. The summed E-state index contributed by atoms with van der Waals surface area (Å²) in [6, 6.07) is 59.5. The van der Waals surface area contributed by atoms with E-state index < -0.39 is 0 Å². The van der Waals surface area contributed by atoms with Crippen LogP contribution in [0.25, 0.3) is 87.9 Å². The number of benzene rings is 8. The molecule has 0 aliphatic carbocycles. The molecule has 0 atom stereocenters. The zero-order valence-corrected chi connectivity index (χ0v) is 26.5. The lowest BCUT2D eigenvalue weighted by Gasteiger charge is -2.15. The van der Waals surface area contributed by atoms with Gasteiger partial charge in [-0.25, -0.2) is 4.39 Å². The number of nitrogens with zero attached hydrogens (tertiary/aromatic N) is 2. The van der Waals surface area contributed by atoms with Crippen molar-refractivity contribution in [1.29, 1.82) is 0 Å². The maximum atomic E-state index is 13.6. The predicted molar refractivity (Wildman–Crippen MR) is 203 cm³/mol. The van der Waals surface area contributed by atoms with Crippen molar-refractivity contribution < 1.29 is 4.39 Å². The number of rotatable bonds is 4. The quantitative estimate of drug-likeness (QED) is 0.184. The largest absolute Gasteiger partial charge is 0.317 e. The molecule has 0 saturated carbocycles. The van der Waals surface area contributed by atoms with Gasteiger partial charge in [-0.15, -0.1) is 0 Å². The molecule has 0 fully saturated rings. The number of hydrogen-bond acceptors (Lipinski definition) is 0. The average Bonchev–Trinajstić information content (AvgIpc) is 3.74. The summed E-state index contributed by atoms with van der Waals surface area (Å²) in [5.41, 5.74) is 10.3. The molecule has 0 aliphatic heterocycles. The van der Waals surface area contributed by atoms with Crippen LogP contribution in [0.3, 0.4) is 0 Å². The van der Waals surface area contributed by atoms with E-state index in [0.29, 0.717) is 0 Å². The minimum Gasteiger partial charge on any atom is -0.317 e. The summed E-state index contributed by atoms with van der Waals surface area (Å²) in [6.45, 7) is 0. The third kappa shape index (κ3) is 4.33. The second-order valence-electron chi connectivity index (χ2n) is 12.7. The van der Waals surface area contributed by atoms with Gasteiger partial charge in [0.2, 0.25) is 0 Å². The smallest absolute Gasteiger partial charge is 0.123 e. The zero-order chi connectivity index (χ0) is 32.5. The Morgan fingerprint density at radius 2 is 1.10 bits per heavy atom. The minimum absolute atomic E-state index is 0.232. The second-order valence-corrected chi connectivity index (χ2v) is 12.7. The number of halogens is 1. The van der Waals surface area contributed by atoms with E-state index in [4.69, 9.17) is 0 Å². The van der Waals surface area contributed by atoms with Crippen LogP contribution in [0.1, 0.15) is 0 Å². The number of fused-ring (bicyclic) bond motifs is 7. The molecular formula is C46H29FN2. The van der Waals surface area contributed by atoms with Crippen LogP contribution in [0.5, 0.6) is 0 Å². The van der Waals surface area contributed by atoms with E-state index in [9.17, 15) is 4.39 Å². The average molecular weight is 629 g/mol. The highest BCUT2D eigenvalue weighted by Crippen LogP contribution is 2.42. The maximum absolute atomic E-state index is 13.6. The lowest BCUT2D eigenvalue weighted by Crippen LogP contribution is -1.96. The molecule has 0 unspecified atom stereocenters. The van der Waals surface area contributed by atoms with Crippen molar-refractivity contribution >= 4 is 54.3 Å². The van der Waals surface area contributed by atoms with Gasteiger partial charge < -0.3 is 9.13 Å². The highest BCUT2D eigenvalue weighted by atomic mass is 19.1. The van der Waals surface area contributed by atoms with Crippen molar-refractivity contribution in [3.63, 3.8) is 0 Å². The summed E-state index contributed by atoms with van der Waals surface area (Å²) in [4.78, 5) is 0. The molecule has 230 valence electrons. The zero-order valence-electron chi connectivity index (χ0n) is 26.5. The molecule has 0 saturated heterocycles. The normalized spacial score (nSPS) is 11.8. The monoisotopic (exact) mass is 628 g/mol. The third-order valence-electron chi connectivity index (χ3n) is 10.0. The molecule has 0 amide bonds. The Hall–Kier alpha value is -6.45. The van der Waals surface area contributed by atoms with Gasteiger partial charge in [0.05, 0.1) is 22.2 Å². The molecule has 0 radical (unpaired) electrons. The van der Waals surface area contributed by atoms with Crippen molar-refractivity contribution in [2.45, 2.75) is 0 Å². The van der Waals surface area contributed by atoms with Gasteiger partial charge in [0, 0.05) is 33.4 Å². The van der Waals surface area contributed by atoms with Gasteiger partial charge >= 0.3 is 0 Å². The first kappa shape index (κ1) is 27.6. The fourth-order valence-corrected chi connectivity index (χ4v) is 7.73. The second kappa shape index (κ2) is 10.8. The van der Waals surface area contributed by atoms with E-state index in [-0.39, 0.29) is 5.82 Å². The number of hydrogen-bond donors (Lipinski definition) is 0. The van der Waals surface area contributed by atoms with E-state index in [1.54, 1.807) is 0 Å². The number of aromatic nitrogens is 2. The Morgan fingerprint density at radius 1 is 0.408 bits per heavy atom. The van der Waals surface area contributed by atoms with Crippen LogP contribution in [0.4, 0.5) is 4.39 Å². The predicted octanol–water partition coefficient (Wildman–Crippen LogP) is 12.5. The van der Waals surface area contributed by atoms with Gasteiger partial charge in [-0.2, -0.15) is 0 Å². The Bertz CT molecular complexity index is 2880. The molecule has 0 bridgehead atoms. The summed E-state index contributed by atoms with van der Waals surface area (Å²) in [5.74, 6) is -0.232. The van der Waals surface area contributed by atoms with Crippen LogP contribution < -0.4 is 0 Å². The summed E-state index contributed by atoms with van der Waals surface area (Å²) < 4.78 is 18.2. The van der Waals surface area contributed by atoms with Gasteiger partial charge in [0.1, 0.15) is 5.82 Å². The van der Waals surface area contributed by atoms with Crippen molar-refractivity contribution in [2.75, 3.05) is 0 Å². The molecule has 10 aromatic rings. The highest BCUT2D eigenvalue weighted by molar-refractivity contribution is 6.22. The molecule has 8 aromatic carbocycles. The van der Waals surface area contributed by atoms with Crippen LogP contribution in [0.15, 0.2) is 176 Å². The van der Waals surface area contributed by atoms with Crippen molar-refractivity contribution in [2.24, 2.45) is 0 Å². The molecule has 2 heterocycles. The summed E-state index contributed by atoms with van der Waals surface area (Å²) in [6.07, 6.45) is 2.05. The SMILES string of the molecule is Fc1ccc(-n2ccc3cc(-c4ccc5c(c4)c4c6ccccc6ccc4n5-c4ccc(-c5ccccc5)c5ccccc45)ccc32)cc1. The summed E-state index contributed by atoms with van der Waals surface area (Å²) in [7, 11) is 0. The Morgan fingerprint density at radius 3 is 1.94 bits per heavy atom. The molecule has 0 aliphatic rings. The maximum Gasteiger partial charge on any atom is 0.123 e. The summed E-state index contributed by atoms with van der Waals surface area (Å²) >= 11 is 0. The van der Waals surface area contributed by atoms with Gasteiger partial charge in [-0.05, 0) is 105 Å². The Balaban J connectivity index is 1.20. The van der Waals surface area contributed by atoms with Crippen molar-refractivity contribution in [3.05, 3.63) is 182 Å². The van der Waals surface area contributed by atoms with Crippen LogP contribution in [0, 0.1) is 5.82 Å². The molecule has 3 heteroatoms. The van der Waals surface area contributed by atoms with Crippen LogP contribution >= 0.6 is 0 Å². The molecular weight excluding hydrogens is 600 g/mol. The molecule has 2 aromatic heterocycles. The Labute approximate surface area is 282 Å². The first-order valence-corrected chi connectivity index (χ1v) is 16.6. The standard InChI is InChI=1S/C46H29FN2/c47-35-17-19-36(20-18-35)48-27-26-34-28-32(15-22-42(34)48)33-16-23-44-41(29-33)46-38-11-5-4-10-31(38)14-24-45(46)49(44)43-25-21-37(30-8-2-1-3-9-30)39-12-6-7-13-40(39)43/h1-29H. The van der Waals surface area contributed by atoms with E-state index in [1.807, 2.05) is 12.1 Å². The fourth-order valence-electron chi connectivity index (χ4n) is 7.73.